The molecule has 170 valence electrons. The van der Waals surface area contributed by atoms with Crippen LogP contribution in [0.25, 0.3) is 0 Å². The number of carbonyl (C=O) groups is 2. The van der Waals surface area contributed by atoms with Crippen molar-refractivity contribution in [1.82, 2.24) is 15.2 Å². The molecule has 1 fully saturated rings. The summed E-state index contributed by atoms with van der Waals surface area (Å²) >= 11 is 0. The van der Waals surface area contributed by atoms with Gasteiger partial charge >= 0.3 is 6.03 Å². The van der Waals surface area contributed by atoms with Crippen molar-refractivity contribution >= 4 is 29.3 Å². The maximum atomic E-state index is 12.6. The number of piperidine rings is 1. The van der Waals surface area contributed by atoms with Gasteiger partial charge in [0.05, 0.1) is 11.9 Å². The number of pyridine rings is 1. The van der Waals surface area contributed by atoms with Gasteiger partial charge in [-0.25, -0.2) is 4.79 Å². The number of guanidine groups is 1. The summed E-state index contributed by atoms with van der Waals surface area (Å²) in [5.74, 6) is 0.994. The lowest BCUT2D eigenvalue weighted by Gasteiger charge is -2.32. The molecule has 1 saturated heterocycles. The van der Waals surface area contributed by atoms with Gasteiger partial charge in [0.15, 0.2) is 0 Å². The first-order valence-corrected chi connectivity index (χ1v) is 10.9. The summed E-state index contributed by atoms with van der Waals surface area (Å²) < 4.78 is 0. The molecule has 0 spiro atoms. The van der Waals surface area contributed by atoms with E-state index in [1.165, 1.54) is 0 Å². The number of aliphatic imine (C=N–C) groups is 1. The largest absolute Gasteiger partial charge is 0.399 e. The van der Waals surface area contributed by atoms with Crippen LogP contribution in [0.2, 0.25) is 0 Å². The maximum Gasteiger partial charge on any atom is 0.341 e. The van der Waals surface area contributed by atoms with E-state index in [1.807, 2.05) is 23.1 Å². The minimum atomic E-state index is -0.761. The fourth-order valence-electron chi connectivity index (χ4n) is 3.84. The third kappa shape index (κ3) is 7.26. The summed E-state index contributed by atoms with van der Waals surface area (Å²) in [6.45, 7) is 2.23. The highest BCUT2D eigenvalue weighted by molar-refractivity contribution is 6.00. The molecule has 1 aromatic heterocycles. The number of amides is 3. The number of urea groups is 1. The molecule has 0 unspecified atom stereocenters. The third-order valence-electron chi connectivity index (χ3n) is 5.51. The van der Waals surface area contributed by atoms with E-state index in [1.54, 1.807) is 30.6 Å². The van der Waals surface area contributed by atoms with Crippen molar-refractivity contribution in [2.75, 3.05) is 30.7 Å². The average Bonchev–Trinajstić information content (AvgIpc) is 2.79. The van der Waals surface area contributed by atoms with Gasteiger partial charge in [0.2, 0.25) is 5.96 Å². The van der Waals surface area contributed by atoms with Gasteiger partial charge in [-0.3, -0.25) is 9.78 Å². The normalized spacial score (nSPS) is 14.8. The molecule has 0 atom stereocenters. The summed E-state index contributed by atoms with van der Waals surface area (Å²) in [7, 11) is 0. The van der Waals surface area contributed by atoms with Crippen LogP contribution in [0, 0.1) is 5.92 Å². The van der Waals surface area contributed by atoms with Gasteiger partial charge in [-0.15, -0.1) is 0 Å². The number of likely N-dealkylation sites (tertiary alicyclic amines) is 1. The molecule has 0 radical (unpaired) electrons. The average molecular weight is 438 g/mol. The van der Waals surface area contributed by atoms with Gasteiger partial charge in [0.25, 0.3) is 5.91 Å². The highest BCUT2D eigenvalue weighted by atomic mass is 16.2. The second kappa shape index (κ2) is 11.7. The Morgan fingerprint density at radius 2 is 1.97 bits per heavy atom. The Balaban J connectivity index is 1.35. The minimum Gasteiger partial charge on any atom is -0.399 e. The number of primary amides is 1. The third-order valence-corrected chi connectivity index (χ3v) is 5.51. The van der Waals surface area contributed by atoms with E-state index in [0.717, 1.165) is 50.9 Å². The lowest BCUT2D eigenvalue weighted by atomic mass is 9.91. The molecule has 1 aliphatic heterocycles. The number of nitrogen functional groups attached to an aromatic ring is 1. The van der Waals surface area contributed by atoms with Gasteiger partial charge in [0, 0.05) is 37.1 Å². The molecule has 2 aromatic rings. The van der Waals surface area contributed by atoms with Gasteiger partial charge in [0.1, 0.15) is 0 Å². The number of anilines is 2. The van der Waals surface area contributed by atoms with E-state index < -0.39 is 6.03 Å². The molecule has 6 N–H and O–H groups in total. The topological polar surface area (TPSA) is 139 Å². The lowest BCUT2D eigenvalue weighted by Crippen LogP contribution is -2.38. The van der Waals surface area contributed by atoms with Crippen molar-refractivity contribution in [1.29, 1.82) is 0 Å². The minimum absolute atomic E-state index is 0.0577. The van der Waals surface area contributed by atoms with Crippen molar-refractivity contribution in [3.8, 4) is 0 Å². The summed E-state index contributed by atoms with van der Waals surface area (Å²) in [5.41, 5.74) is 13.0. The molecule has 1 aliphatic rings. The quantitative estimate of drug-likeness (QED) is 0.227. The van der Waals surface area contributed by atoms with Gasteiger partial charge < -0.3 is 27.0 Å². The Morgan fingerprint density at radius 1 is 1.16 bits per heavy atom. The molecule has 9 nitrogen and oxygen atoms in total. The number of benzene rings is 1. The number of rotatable bonds is 7. The number of hydrogen-bond acceptors (Lipinski definition) is 4. The monoisotopic (exact) mass is 437 g/mol. The second-order valence-electron chi connectivity index (χ2n) is 7.95. The number of hydrogen-bond donors (Lipinski definition) is 4. The second-order valence-corrected chi connectivity index (χ2v) is 7.95. The number of unbranched alkanes of at least 4 members (excludes halogenated alkanes) is 1. The zero-order chi connectivity index (χ0) is 22.8. The summed E-state index contributed by atoms with van der Waals surface area (Å²) in [6.07, 6.45) is 8.44. The Bertz CT molecular complexity index is 925. The van der Waals surface area contributed by atoms with Crippen LogP contribution >= 0.6 is 0 Å². The van der Waals surface area contributed by atoms with E-state index in [4.69, 9.17) is 11.5 Å². The first-order valence-electron chi connectivity index (χ1n) is 10.9. The van der Waals surface area contributed by atoms with Gasteiger partial charge in [-0.2, -0.15) is 4.99 Å². The van der Waals surface area contributed by atoms with Gasteiger partial charge in [-0.1, -0.05) is 18.9 Å². The molecule has 3 amide bonds. The smallest absolute Gasteiger partial charge is 0.341 e. The zero-order valence-electron chi connectivity index (χ0n) is 18.2. The fraction of sp³-hybridized carbons (Fsp3) is 0.391. The van der Waals surface area contributed by atoms with Crippen molar-refractivity contribution < 1.29 is 9.59 Å². The Morgan fingerprint density at radius 3 is 2.66 bits per heavy atom. The lowest BCUT2D eigenvalue weighted by molar-refractivity contribution is 0.0686. The van der Waals surface area contributed by atoms with E-state index in [-0.39, 0.29) is 5.91 Å². The van der Waals surface area contributed by atoms with Crippen LogP contribution in [0.3, 0.4) is 0 Å². The number of nitrogens with zero attached hydrogens (tertiary/aromatic N) is 3. The number of nitrogens with two attached hydrogens (primary N) is 2. The maximum absolute atomic E-state index is 12.6. The van der Waals surface area contributed by atoms with Crippen molar-refractivity contribution in [3.05, 3.63) is 54.4 Å². The predicted molar refractivity (Wildman–Crippen MR) is 126 cm³/mol. The van der Waals surface area contributed by atoms with Crippen LogP contribution in [-0.4, -0.2) is 47.4 Å². The van der Waals surface area contributed by atoms with Crippen molar-refractivity contribution in [3.63, 3.8) is 0 Å². The number of carbonyl (C=O) groups excluding carboxylic acids is 2. The van der Waals surface area contributed by atoms with E-state index in [0.29, 0.717) is 29.7 Å². The molecule has 0 saturated carbocycles. The van der Waals surface area contributed by atoms with E-state index in [2.05, 4.69) is 20.6 Å². The zero-order valence-corrected chi connectivity index (χ0v) is 18.2. The van der Waals surface area contributed by atoms with Crippen LogP contribution in [0.4, 0.5) is 16.2 Å². The van der Waals surface area contributed by atoms with E-state index in [9.17, 15) is 9.59 Å². The highest BCUT2D eigenvalue weighted by Crippen LogP contribution is 2.24. The molecule has 32 heavy (non-hydrogen) atoms. The molecular weight excluding hydrogens is 406 g/mol. The molecule has 2 heterocycles. The fourth-order valence-corrected chi connectivity index (χ4v) is 3.84. The summed E-state index contributed by atoms with van der Waals surface area (Å²) in [6, 6.07) is 10.0. The standard InChI is InChI=1S/C23H31N7O2/c24-19-7-3-6-18(15-19)21(31)30-13-9-17(10-14-30)5-1-2-12-27-23(29-22(25)32)28-20-8-4-11-26-16-20/h3-4,6-8,11,15-17H,1-2,5,9-10,12-14,24H2,(H4,25,27,28,29,32). The summed E-state index contributed by atoms with van der Waals surface area (Å²) in [5, 5.41) is 6.14. The Kier molecular flexibility index (Phi) is 8.42. The first kappa shape index (κ1) is 23.1. The molecule has 9 heteroatoms. The van der Waals surface area contributed by atoms with Crippen LogP contribution in [-0.2, 0) is 0 Å². The van der Waals surface area contributed by atoms with Crippen LogP contribution in [0.1, 0.15) is 42.5 Å². The van der Waals surface area contributed by atoms with E-state index >= 15 is 0 Å². The van der Waals surface area contributed by atoms with Crippen LogP contribution in [0.15, 0.2) is 53.8 Å². The van der Waals surface area contributed by atoms with Crippen LogP contribution < -0.4 is 22.1 Å². The summed E-state index contributed by atoms with van der Waals surface area (Å²) in [4.78, 5) is 33.5. The Hall–Kier alpha value is -3.62. The molecule has 1 aromatic carbocycles. The predicted octanol–water partition coefficient (Wildman–Crippen LogP) is 2.82. The molecule has 3 rings (SSSR count). The Labute approximate surface area is 188 Å². The number of nitrogens with one attached hydrogen (secondary N) is 2. The molecule has 0 aliphatic carbocycles. The number of aromatic nitrogens is 1. The molecular formula is C23H31N7O2. The first-order chi connectivity index (χ1) is 15.5. The highest BCUT2D eigenvalue weighted by Gasteiger charge is 2.23. The molecule has 0 bridgehead atoms. The van der Waals surface area contributed by atoms with Crippen molar-refractivity contribution in [2.24, 2.45) is 16.6 Å². The van der Waals surface area contributed by atoms with Crippen molar-refractivity contribution in [2.45, 2.75) is 32.1 Å². The van der Waals surface area contributed by atoms with Gasteiger partial charge in [-0.05, 0) is 55.5 Å². The SMILES string of the molecule is NC(=O)/N=C(\NCCCCC1CCN(C(=O)c2cccc(N)c2)CC1)Nc1cccnc1. The van der Waals surface area contributed by atoms with Crippen LogP contribution in [0.5, 0.6) is 0 Å².